The predicted octanol–water partition coefficient (Wildman–Crippen LogP) is 25.0. The molecule has 0 fully saturated rings. The van der Waals surface area contributed by atoms with Crippen molar-refractivity contribution in [3.63, 3.8) is 0 Å². The van der Waals surface area contributed by atoms with Crippen molar-refractivity contribution in [2.75, 3.05) is 40.0 Å². The molecule has 0 amide bonds. The van der Waals surface area contributed by atoms with Gasteiger partial charge in [-0.1, -0.05) is 346 Å². The van der Waals surface area contributed by atoms with Crippen LogP contribution >= 0.6 is 0 Å². The first kappa shape index (κ1) is 76.1. The summed E-state index contributed by atoms with van der Waals surface area (Å²) in [6.07, 6.45) is 55.6. The SMILES string of the molecule is CCCCCCCCCCCCC(OCCCCCCCC)=C(OCCCCCCCC)C(OCOCOC(C(OCCCCCCCC)=C(CCCCCCCCCCCC)OCCCCCCCC)c1ccccc1)c1ccccc1. The van der Waals surface area contributed by atoms with Gasteiger partial charge in [0, 0.05) is 12.8 Å². The molecule has 0 aliphatic carbocycles. The topological polar surface area (TPSA) is 64.6 Å². The van der Waals surface area contributed by atoms with Crippen molar-refractivity contribution in [3.05, 3.63) is 94.8 Å². The maximum Gasteiger partial charge on any atom is 0.167 e. The average molecular weight is 1160 g/mol. The van der Waals surface area contributed by atoms with Crippen LogP contribution in [0.4, 0.5) is 0 Å². The first-order valence-electron chi connectivity index (χ1n) is 36.0. The zero-order valence-corrected chi connectivity index (χ0v) is 55.6. The van der Waals surface area contributed by atoms with Gasteiger partial charge in [0.15, 0.2) is 25.1 Å². The van der Waals surface area contributed by atoms with E-state index < -0.39 is 12.2 Å². The van der Waals surface area contributed by atoms with Gasteiger partial charge >= 0.3 is 0 Å². The highest BCUT2D eigenvalue weighted by atomic mass is 16.7. The molecule has 0 heterocycles. The molecular weight excluding hydrogens is 1020 g/mol. The Labute approximate surface area is 514 Å². The van der Waals surface area contributed by atoms with E-state index in [9.17, 15) is 0 Å². The van der Waals surface area contributed by atoms with Crippen molar-refractivity contribution in [3.8, 4) is 0 Å². The van der Waals surface area contributed by atoms with Gasteiger partial charge in [0.25, 0.3) is 0 Å². The van der Waals surface area contributed by atoms with Gasteiger partial charge in [0.1, 0.15) is 23.7 Å². The minimum Gasteiger partial charge on any atom is -0.494 e. The van der Waals surface area contributed by atoms with Gasteiger partial charge < -0.3 is 33.2 Å². The number of benzene rings is 2. The Balaban J connectivity index is 2.51. The third kappa shape index (κ3) is 42.5. The molecule has 0 aromatic heterocycles. The first-order valence-corrected chi connectivity index (χ1v) is 36.0. The molecule has 0 bridgehead atoms. The van der Waals surface area contributed by atoms with Crippen molar-refractivity contribution >= 4 is 0 Å². The lowest BCUT2D eigenvalue weighted by Gasteiger charge is -2.27. The quantitative estimate of drug-likeness (QED) is 0.0371. The third-order valence-electron chi connectivity index (χ3n) is 16.4. The molecule has 7 nitrogen and oxygen atoms in total. The van der Waals surface area contributed by atoms with Crippen molar-refractivity contribution < 1.29 is 33.2 Å². The zero-order chi connectivity index (χ0) is 59.4. The molecule has 0 spiro atoms. The maximum atomic E-state index is 7.01. The lowest BCUT2D eigenvalue weighted by Crippen LogP contribution is -2.19. The number of rotatable bonds is 64. The summed E-state index contributed by atoms with van der Waals surface area (Å²) in [4.78, 5) is 0. The molecule has 0 aliphatic rings. The summed E-state index contributed by atoms with van der Waals surface area (Å²) in [6, 6.07) is 21.2. The summed E-state index contributed by atoms with van der Waals surface area (Å²) in [5.41, 5.74) is 2.07. The van der Waals surface area contributed by atoms with Crippen LogP contribution in [-0.4, -0.2) is 40.0 Å². The first-order chi connectivity index (χ1) is 41.1. The Morgan fingerprint density at radius 2 is 0.494 bits per heavy atom. The van der Waals surface area contributed by atoms with Gasteiger partial charge in [-0.2, -0.15) is 0 Å². The van der Waals surface area contributed by atoms with Crippen LogP contribution < -0.4 is 0 Å². The van der Waals surface area contributed by atoms with Crippen LogP contribution in [0.3, 0.4) is 0 Å². The fourth-order valence-corrected chi connectivity index (χ4v) is 11.1. The molecule has 0 saturated heterocycles. The normalized spacial score (nSPS) is 13.0. The second-order valence-corrected chi connectivity index (χ2v) is 24.3. The van der Waals surface area contributed by atoms with Crippen LogP contribution in [0.2, 0.25) is 0 Å². The minimum atomic E-state index is -0.497. The standard InChI is InChI=1S/C76H134O7/c1-7-13-19-25-31-33-35-37-39-51-61-71(78-63-53-41-27-21-15-9-3)75(80-65-55-43-29-23-17-11-5)73(69-57-47-45-48-58-69)82-67-77-68-83-74(70-59-49-46-50-60-70)76(81-66-56-44-30-24-18-12-6)72(79-64-54-42-28-22-16-10-4)62-52-40-38-36-34-32-26-20-14-8-2/h45-50,57-60,73-74H,7-44,51-56,61-68H2,1-6H3. The summed E-state index contributed by atoms with van der Waals surface area (Å²) >= 11 is 0. The summed E-state index contributed by atoms with van der Waals surface area (Å²) in [7, 11) is 0. The Bertz CT molecular complexity index is 1570. The van der Waals surface area contributed by atoms with Crippen LogP contribution in [0, 0.1) is 0 Å². The lowest BCUT2D eigenvalue weighted by atomic mass is 10.0. The molecule has 0 N–H and O–H groups in total. The van der Waals surface area contributed by atoms with Gasteiger partial charge in [0.2, 0.25) is 0 Å². The monoisotopic (exact) mass is 1160 g/mol. The summed E-state index contributed by atoms with van der Waals surface area (Å²) < 4.78 is 48.3. The van der Waals surface area contributed by atoms with E-state index in [0.29, 0.717) is 26.4 Å². The number of hydrogen-bond donors (Lipinski definition) is 0. The van der Waals surface area contributed by atoms with Gasteiger partial charge in [0.05, 0.1) is 26.4 Å². The smallest absolute Gasteiger partial charge is 0.167 e. The maximum absolute atomic E-state index is 7.01. The number of unbranched alkanes of at least 4 members (excludes halogenated alkanes) is 38. The fourth-order valence-electron chi connectivity index (χ4n) is 11.1. The molecule has 0 aliphatic heterocycles. The number of allylic oxidation sites excluding steroid dienone is 2. The molecule has 0 saturated carbocycles. The summed E-state index contributed by atoms with van der Waals surface area (Å²) in [5, 5.41) is 0. The largest absolute Gasteiger partial charge is 0.494 e. The van der Waals surface area contributed by atoms with E-state index in [1.165, 1.54) is 231 Å². The van der Waals surface area contributed by atoms with E-state index in [4.69, 9.17) is 33.2 Å². The Kier molecular flexibility index (Phi) is 54.4. The van der Waals surface area contributed by atoms with Crippen LogP contribution in [0.5, 0.6) is 0 Å². The second kappa shape index (κ2) is 59.3. The van der Waals surface area contributed by atoms with Crippen LogP contribution in [0.1, 0.15) is 360 Å². The van der Waals surface area contributed by atoms with Gasteiger partial charge in [-0.3, -0.25) is 0 Å². The molecule has 2 aromatic carbocycles. The molecule has 2 rings (SSSR count). The van der Waals surface area contributed by atoms with Crippen molar-refractivity contribution in [1.82, 2.24) is 0 Å². The molecule has 7 heteroatoms. The molecule has 2 unspecified atom stereocenters. The number of hydrogen-bond acceptors (Lipinski definition) is 7. The highest BCUT2D eigenvalue weighted by Gasteiger charge is 2.27. The fraction of sp³-hybridized carbons (Fsp3) is 0.789. The second-order valence-electron chi connectivity index (χ2n) is 24.3. The van der Waals surface area contributed by atoms with Crippen LogP contribution in [0.25, 0.3) is 0 Å². The van der Waals surface area contributed by atoms with E-state index in [-0.39, 0.29) is 13.6 Å². The van der Waals surface area contributed by atoms with E-state index >= 15 is 0 Å². The Morgan fingerprint density at radius 1 is 0.265 bits per heavy atom. The van der Waals surface area contributed by atoms with Gasteiger partial charge in [-0.05, 0) is 49.7 Å². The molecule has 83 heavy (non-hydrogen) atoms. The van der Waals surface area contributed by atoms with Gasteiger partial charge in [-0.15, -0.1) is 0 Å². The number of ether oxygens (including phenoxy) is 7. The Hall–Kier alpha value is -3.00. The average Bonchev–Trinajstić information content (AvgIpc) is 3.64. The predicted molar refractivity (Wildman–Crippen MR) is 356 cm³/mol. The van der Waals surface area contributed by atoms with E-state index in [0.717, 1.165) is 98.4 Å². The van der Waals surface area contributed by atoms with E-state index in [1.54, 1.807) is 0 Å². The molecule has 2 atom stereocenters. The summed E-state index contributed by atoms with van der Waals surface area (Å²) in [5.74, 6) is 3.52. The molecule has 0 radical (unpaired) electrons. The van der Waals surface area contributed by atoms with Crippen LogP contribution in [-0.2, 0) is 33.2 Å². The lowest BCUT2D eigenvalue weighted by molar-refractivity contribution is -0.168. The van der Waals surface area contributed by atoms with Crippen LogP contribution in [0.15, 0.2) is 83.7 Å². The van der Waals surface area contributed by atoms with Crippen molar-refractivity contribution in [2.24, 2.45) is 0 Å². The molecule has 480 valence electrons. The van der Waals surface area contributed by atoms with Crippen molar-refractivity contribution in [1.29, 1.82) is 0 Å². The highest BCUT2D eigenvalue weighted by Crippen LogP contribution is 2.35. The molecule has 2 aromatic rings. The van der Waals surface area contributed by atoms with Crippen molar-refractivity contribution in [2.45, 2.75) is 349 Å². The Morgan fingerprint density at radius 3 is 0.759 bits per heavy atom. The zero-order valence-electron chi connectivity index (χ0n) is 55.6. The highest BCUT2D eigenvalue weighted by molar-refractivity contribution is 5.27. The third-order valence-corrected chi connectivity index (χ3v) is 16.4. The van der Waals surface area contributed by atoms with Gasteiger partial charge in [-0.25, -0.2) is 0 Å². The minimum absolute atomic E-state index is 0.0194. The molecular formula is C76H134O7. The summed E-state index contributed by atoms with van der Waals surface area (Å²) in [6.45, 7) is 16.4. The van der Waals surface area contributed by atoms with E-state index in [2.05, 4.69) is 102 Å². The van der Waals surface area contributed by atoms with E-state index in [1.807, 2.05) is 0 Å².